The second-order valence-corrected chi connectivity index (χ2v) is 4.75. The van der Waals surface area contributed by atoms with E-state index in [0.717, 1.165) is 17.8 Å². The lowest BCUT2D eigenvalue weighted by Crippen LogP contribution is -2.01. The van der Waals surface area contributed by atoms with Crippen molar-refractivity contribution in [3.8, 4) is 0 Å². The van der Waals surface area contributed by atoms with Crippen LogP contribution < -0.4 is 0 Å². The molecule has 1 aromatic heterocycles. The van der Waals surface area contributed by atoms with Crippen LogP contribution in [0.1, 0.15) is 23.1 Å². The maximum Gasteiger partial charge on any atom is 0.0804 e. The van der Waals surface area contributed by atoms with E-state index in [4.69, 9.17) is 0 Å². The molecule has 1 aromatic rings. The highest BCUT2D eigenvalue weighted by Gasteiger charge is 2.10. The third-order valence-corrected chi connectivity index (χ3v) is 3.33. The van der Waals surface area contributed by atoms with Crippen LogP contribution in [0.2, 0.25) is 0 Å². The Morgan fingerprint density at radius 1 is 1.47 bits per heavy atom. The number of hydrogen-bond donors (Lipinski definition) is 0. The van der Waals surface area contributed by atoms with Crippen LogP contribution in [0.4, 0.5) is 0 Å². The van der Waals surface area contributed by atoms with Gasteiger partial charge in [0, 0.05) is 17.0 Å². The van der Waals surface area contributed by atoms with E-state index in [2.05, 4.69) is 43.3 Å². The van der Waals surface area contributed by atoms with Gasteiger partial charge in [-0.05, 0) is 25.1 Å². The third kappa shape index (κ3) is 2.16. The van der Waals surface area contributed by atoms with Gasteiger partial charge in [0.2, 0.25) is 0 Å². The monoisotopic (exact) mass is 215 g/mol. The maximum atomic E-state index is 4.47. The lowest BCUT2D eigenvalue weighted by molar-refractivity contribution is 1.07. The quantitative estimate of drug-likeness (QED) is 0.706. The first-order valence-corrected chi connectivity index (χ1v) is 5.67. The van der Waals surface area contributed by atoms with E-state index in [1.165, 1.54) is 15.3 Å². The van der Waals surface area contributed by atoms with E-state index < -0.39 is 0 Å². The Morgan fingerprint density at radius 2 is 2.27 bits per heavy atom. The van der Waals surface area contributed by atoms with E-state index in [-0.39, 0.29) is 0 Å². The number of aliphatic imine (C=N–C) groups is 1. The summed E-state index contributed by atoms with van der Waals surface area (Å²) in [5.74, 6) is 0. The van der Waals surface area contributed by atoms with Crippen molar-refractivity contribution in [3.05, 3.63) is 52.4 Å². The first-order chi connectivity index (χ1) is 7.19. The molecule has 0 aromatic carbocycles. The molecular formula is C13H13NS. The molecule has 2 heteroatoms. The van der Waals surface area contributed by atoms with Crippen molar-refractivity contribution in [1.29, 1.82) is 0 Å². The van der Waals surface area contributed by atoms with Crippen molar-refractivity contribution in [3.63, 3.8) is 0 Å². The van der Waals surface area contributed by atoms with Crippen LogP contribution in [0.5, 0.6) is 0 Å². The SMILES string of the molecule is C=Cc1ccc(C2=NC(=C)CC(C)=C2)s1. The highest BCUT2D eigenvalue weighted by Crippen LogP contribution is 2.24. The van der Waals surface area contributed by atoms with Crippen LogP contribution >= 0.6 is 11.3 Å². The topological polar surface area (TPSA) is 12.4 Å². The predicted octanol–water partition coefficient (Wildman–Crippen LogP) is 4.04. The van der Waals surface area contributed by atoms with Gasteiger partial charge < -0.3 is 0 Å². The summed E-state index contributed by atoms with van der Waals surface area (Å²) >= 11 is 1.71. The van der Waals surface area contributed by atoms with E-state index in [1.54, 1.807) is 11.3 Å². The highest BCUT2D eigenvalue weighted by molar-refractivity contribution is 7.15. The molecule has 0 fully saturated rings. The molecule has 2 heterocycles. The van der Waals surface area contributed by atoms with Gasteiger partial charge in [-0.15, -0.1) is 11.3 Å². The van der Waals surface area contributed by atoms with Gasteiger partial charge in [0.05, 0.1) is 10.6 Å². The molecule has 0 spiro atoms. The smallest absolute Gasteiger partial charge is 0.0804 e. The van der Waals surface area contributed by atoms with Crippen molar-refractivity contribution in [1.82, 2.24) is 0 Å². The minimum atomic E-state index is 0.892. The Kier molecular flexibility index (Phi) is 2.69. The molecule has 1 aliphatic heterocycles. The van der Waals surface area contributed by atoms with E-state index >= 15 is 0 Å². The maximum absolute atomic E-state index is 4.47. The fraction of sp³-hybridized carbons (Fsp3) is 0.154. The largest absolute Gasteiger partial charge is 0.252 e. The average Bonchev–Trinajstić information content (AvgIpc) is 2.64. The first kappa shape index (κ1) is 10.1. The molecule has 0 amide bonds. The molecule has 0 saturated carbocycles. The standard InChI is InChI=1S/C13H13NS/c1-4-11-5-6-13(15-11)12-8-9(2)7-10(3)14-12/h4-6,8H,1,3,7H2,2H3. The van der Waals surface area contributed by atoms with Crippen LogP contribution in [0.3, 0.4) is 0 Å². The molecule has 0 atom stereocenters. The molecule has 1 aliphatic rings. The summed E-state index contributed by atoms with van der Waals surface area (Å²) in [7, 11) is 0. The van der Waals surface area contributed by atoms with Gasteiger partial charge in [-0.1, -0.05) is 24.8 Å². The van der Waals surface area contributed by atoms with Gasteiger partial charge in [0.25, 0.3) is 0 Å². The predicted molar refractivity (Wildman–Crippen MR) is 68.5 cm³/mol. The number of nitrogens with zero attached hydrogens (tertiary/aromatic N) is 1. The second kappa shape index (κ2) is 3.99. The number of dihydropyridines is 1. The summed E-state index contributed by atoms with van der Waals surface area (Å²) in [5, 5.41) is 0. The zero-order valence-corrected chi connectivity index (χ0v) is 9.60. The van der Waals surface area contributed by atoms with Crippen LogP contribution in [0, 0.1) is 0 Å². The summed E-state index contributed by atoms with van der Waals surface area (Å²) in [6.07, 6.45) is 4.89. The van der Waals surface area contributed by atoms with Gasteiger partial charge >= 0.3 is 0 Å². The van der Waals surface area contributed by atoms with Crippen molar-refractivity contribution >= 4 is 23.1 Å². The molecule has 0 bridgehead atoms. The van der Waals surface area contributed by atoms with Crippen molar-refractivity contribution < 1.29 is 0 Å². The summed E-state index contributed by atoms with van der Waals surface area (Å²) in [5.41, 5.74) is 3.29. The van der Waals surface area contributed by atoms with Crippen LogP contribution in [-0.4, -0.2) is 5.71 Å². The van der Waals surface area contributed by atoms with Crippen LogP contribution in [0.15, 0.2) is 47.6 Å². The van der Waals surface area contributed by atoms with E-state index in [1.807, 2.05) is 6.08 Å². The van der Waals surface area contributed by atoms with Crippen molar-refractivity contribution in [2.45, 2.75) is 13.3 Å². The molecule has 1 nitrogen and oxygen atoms in total. The number of thiophene rings is 1. The minimum absolute atomic E-state index is 0.892. The minimum Gasteiger partial charge on any atom is -0.252 e. The van der Waals surface area contributed by atoms with Gasteiger partial charge in [-0.3, -0.25) is 4.99 Å². The number of rotatable bonds is 2. The van der Waals surface area contributed by atoms with E-state index in [9.17, 15) is 0 Å². The summed E-state index contributed by atoms with van der Waals surface area (Å²) < 4.78 is 0. The Labute approximate surface area is 94.2 Å². The lowest BCUT2D eigenvalue weighted by Gasteiger charge is -2.10. The molecule has 0 unspecified atom stereocenters. The molecule has 0 radical (unpaired) electrons. The van der Waals surface area contributed by atoms with Crippen molar-refractivity contribution in [2.24, 2.45) is 4.99 Å². The summed E-state index contributed by atoms with van der Waals surface area (Å²) in [4.78, 5) is 6.83. The zero-order chi connectivity index (χ0) is 10.8. The first-order valence-electron chi connectivity index (χ1n) is 4.85. The summed E-state index contributed by atoms with van der Waals surface area (Å²) in [6, 6.07) is 4.15. The van der Waals surface area contributed by atoms with Gasteiger partial charge in [0.1, 0.15) is 0 Å². The number of allylic oxidation sites excluding steroid dienone is 2. The molecule has 0 saturated heterocycles. The van der Waals surface area contributed by atoms with Crippen molar-refractivity contribution in [2.75, 3.05) is 0 Å². The highest BCUT2D eigenvalue weighted by atomic mass is 32.1. The number of hydrogen-bond acceptors (Lipinski definition) is 2. The molecule has 0 aliphatic carbocycles. The Hall–Kier alpha value is -1.41. The third-order valence-electron chi connectivity index (χ3n) is 2.22. The molecular weight excluding hydrogens is 202 g/mol. The fourth-order valence-electron chi connectivity index (χ4n) is 1.57. The normalized spacial score (nSPS) is 15.9. The Bertz CT molecular complexity index is 474. The van der Waals surface area contributed by atoms with Gasteiger partial charge in [-0.2, -0.15) is 0 Å². The fourth-order valence-corrected chi connectivity index (χ4v) is 2.39. The second-order valence-electron chi connectivity index (χ2n) is 3.64. The molecule has 15 heavy (non-hydrogen) atoms. The zero-order valence-electron chi connectivity index (χ0n) is 8.79. The molecule has 76 valence electrons. The van der Waals surface area contributed by atoms with Gasteiger partial charge in [0.15, 0.2) is 0 Å². The van der Waals surface area contributed by atoms with Crippen LogP contribution in [-0.2, 0) is 0 Å². The van der Waals surface area contributed by atoms with Crippen LogP contribution in [0.25, 0.3) is 6.08 Å². The average molecular weight is 215 g/mol. The summed E-state index contributed by atoms with van der Waals surface area (Å²) in [6.45, 7) is 9.79. The Morgan fingerprint density at radius 3 is 2.87 bits per heavy atom. The van der Waals surface area contributed by atoms with Gasteiger partial charge in [-0.25, -0.2) is 0 Å². The lowest BCUT2D eigenvalue weighted by atomic mass is 10.1. The Balaban J connectivity index is 2.38. The van der Waals surface area contributed by atoms with E-state index in [0.29, 0.717) is 0 Å². The molecule has 2 rings (SSSR count). The molecule has 0 N–H and O–H groups in total.